The number of hydrogen-bond donors (Lipinski definition) is 2. The first-order chi connectivity index (χ1) is 9.31. The molecule has 1 atom stereocenters. The summed E-state index contributed by atoms with van der Waals surface area (Å²) in [5.41, 5.74) is -0.294. The van der Waals surface area contributed by atoms with Gasteiger partial charge in [0.15, 0.2) is 0 Å². The van der Waals surface area contributed by atoms with Gasteiger partial charge in [-0.2, -0.15) is 11.8 Å². The number of nitrogens with one attached hydrogen (secondary N) is 1. The van der Waals surface area contributed by atoms with E-state index in [-0.39, 0.29) is 11.6 Å². The van der Waals surface area contributed by atoms with Crippen LogP contribution in [-0.4, -0.2) is 37.5 Å². The third-order valence-corrected chi connectivity index (χ3v) is 4.94. The molecule has 0 aliphatic heterocycles. The maximum absolute atomic E-state index is 13.8. The number of carbonyl (C=O) groups is 1. The van der Waals surface area contributed by atoms with Crippen LogP contribution in [0.4, 0.5) is 4.39 Å². The average molecular weight is 321 g/mol. The van der Waals surface area contributed by atoms with Gasteiger partial charge in [0.2, 0.25) is 10.0 Å². The molecule has 5 nitrogen and oxygen atoms in total. The fourth-order valence-corrected chi connectivity index (χ4v) is 3.78. The Morgan fingerprint density at radius 2 is 2.15 bits per heavy atom. The monoisotopic (exact) mass is 321 g/mol. The molecule has 0 bridgehead atoms. The molecule has 0 fully saturated rings. The molecule has 0 saturated carbocycles. The third-order valence-electron chi connectivity index (χ3n) is 2.65. The molecule has 0 saturated heterocycles. The van der Waals surface area contributed by atoms with Crippen LogP contribution in [0.5, 0.6) is 0 Å². The van der Waals surface area contributed by atoms with E-state index < -0.39 is 26.7 Å². The fourth-order valence-electron chi connectivity index (χ4n) is 1.57. The average Bonchev–Trinajstić information content (AvgIpc) is 2.37. The standard InChI is InChI=1S/C12H16FNO4S2/c1-3-9(7-19-2)14-20(17,18)11-5-4-8(12(15)16)6-10(11)13/h4-6,9,14H,3,7H2,1-2H3,(H,15,16). The number of hydrogen-bond acceptors (Lipinski definition) is 4. The highest BCUT2D eigenvalue weighted by Crippen LogP contribution is 2.17. The van der Waals surface area contributed by atoms with Crippen LogP contribution in [0.3, 0.4) is 0 Å². The van der Waals surface area contributed by atoms with Crippen molar-refractivity contribution >= 4 is 27.8 Å². The minimum absolute atomic E-state index is 0.294. The van der Waals surface area contributed by atoms with Crippen LogP contribution in [0.15, 0.2) is 23.1 Å². The Balaban J connectivity index is 3.06. The molecule has 0 aliphatic rings. The van der Waals surface area contributed by atoms with Crippen molar-refractivity contribution in [1.82, 2.24) is 4.72 Å². The third kappa shape index (κ3) is 4.19. The summed E-state index contributed by atoms with van der Waals surface area (Å²) in [7, 11) is -4.00. The van der Waals surface area contributed by atoms with Crippen molar-refractivity contribution in [2.24, 2.45) is 0 Å². The topological polar surface area (TPSA) is 83.5 Å². The van der Waals surface area contributed by atoms with Crippen molar-refractivity contribution < 1.29 is 22.7 Å². The fraction of sp³-hybridized carbons (Fsp3) is 0.417. The molecule has 0 aliphatic carbocycles. The molecule has 1 rings (SSSR count). The Bertz CT molecular complexity index is 589. The molecule has 0 heterocycles. The van der Waals surface area contributed by atoms with E-state index in [9.17, 15) is 17.6 Å². The predicted molar refractivity (Wildman–Crippen MR) is 76.1 cm³/mol. The molecule has 0 spiro atoms. The predicted octanol–water partition coefficient (Wildman–Crippen LogP) is 1.94. The van der Waals surface area contributed by atoms with Crippen molar-refractivity contribution in [2.45, 2.75) is 24.3 Å². The van der Waals surface area contributed by atoms with Gasteiger partial charge in [-0.1, -0.05) is 6.92 Å². The van der Waals surface area contributed by atoms with E-state index in [2.05, 4.69) is 4.72 Å². The number of carboxylic acid groups (broad SMARTS) is 1. The van der Waals surface area contributed by atoms with Crippen molar-refractivity contribution in [1.29, 1.82) is 0 Å². The van der Waals surface area contributed by atoms with Crippen LogP contribution in [0.2, 0.25) is 0 Å². The highest BCUT2D eigenvalue weighted by molar-refractivity contribution is 7.98. The molecule has 0 radical (unpaired) electrons. The zero-order valence-corrected chi connectivity index (χ0v) is 12.7. The minimum atomic E-state index is -4.00. The van der Waals surface area contributed by atoms with Crippen LogP contribution in [0.25, 0.3) is 0 Å². The first-order valence-corrected chi connectivity index (χ1v) is 8.73. The smallest absolute Gasteiger partial charge is 0.335 e. The molecule has 8 heteroatoms. The van der Waals surface area contributed by atoms with Gasteiger partial charge in [0.05, 0.1) is 5.56 Å². The van der Waals surface area contributed by atoms with Gasteiger partial charge in [-0.3, -0.25) is 0 Å². The zero-order valence-electron chi connectivity index (χ0n) is 11.1. The van der Waals surface area contributed by atoms with Crippen LogP contribution in [-0.2, 0) is 10.0 Å². The zero-order chi connectivity index (χ0) is 15.3. The molecular formula is C12H16FNO4S2. The van der Waals surface area contributed by atoms with Gasteiger partial charge in [0, 0.05) is 11.8 Å². The van der Waals surface area contributed by atoms with Crippen LogP contribution in [0, 0.1) is 5.82 Å². The van der Waals surface area contributed by atoms with Crippen molar-refractivity contribution in [3.8, 4) is 0 Å². The van der Waals surface area contributed by atoms with Gasteiger partial charge in [-0.25, -0.2) is 22.3 Å². The highest BCUT2D eigenvalue weighted by Gasteiger charge is 2.23. The lowest BCUT2D eigenvalue weighted by Crippen LogP contribution is -2.36. The second kappa shape index (κ2) is 7.05. The lowest BCUT2D eigenvalue weighted by atomic mass is 10.2. The Morgan fingerprint density at radius 3 is 2.60 bits per heavy atom. The number of thioether (sulfide) groups is 1. The summed E-state index contributed by atoms with van der Waals surface area (Å²) >= 11 is 1.48. The number of sulfonamides is 1. The highest BCUT2D eigenvalue weighted by atomic mass is 32.2. The van der Waals surface area contributed by atoms with Gasteiger partial charge in [-0.05, 0) is 30.9 Å². The van der Waals surface area contributed by atoms with Crippen LogP contribution < -0.4 is 4.72 Å². The number of rotatable bonds is 7. The number of carboxylic acids is 1. The SMILES string of the molecule is CCC(CSC)NS(=O)(=O)c1ccc(C(=O)O)cc1F. The van der Waals surface area contributed by atoms with Crippen LogP contribution in [0.1, 0.15) is 23.7 Å². The summed E-state index contributed by atoms with van der Waals surface area (Å²) < 4.78 is 40.3. The molecule has 1 unspecified atom stereocenters. The van der Waals surface area contributed by atoms with Crippen LogP contribution >= 0.6 is 11.8 Å². The molecule has 1 aromatic carbocycles. The largest absolute Gasteiger partial charge is 0.478 e. The van der Waals surface area contributed by atoms with Crippen molar-refractivity contribution in [3.05, 3.63) is 29.6 Å². The van der Waals surface area contributed by atoms with Gasteiger partial charge >= 0.3 is 5.97 Å². The van der Waals surface area contributed by atoms with E-state index in [1.807, 2.05) is 13.2 Å². The van der Waals surface area contributed by atoms with Crippen molar-refractivity contribution in [3.63, 3.8) is 0 Å². The van der Waals surface area contributed by atoms with E-state index in [4.69, 9.17) is 5.11 Å². The lowest BCUT2D eigenvalue weighted by Gasteiger charge is -2.16. The van der Waals surface area contributed by atoms with E-state index in [0.29, 0.717) is 18.2 Å². The lowest BCUT2D eigenvalue weighted by molar-refractivity contribution is 0.0696. The Labute approximate surface area is 121 Å². The normalized spacial score (nSPS) is 13.2. The number of benzene rings is 1. The maximum atomic E-state index is 13.8. The number of aromatic carboxylic acids is 1. The minimum Gasteiger partial charge on any atom is -0.478 e. The number of halogens is 1. The van der Waals surface area contributed by atoms with Gasteiger partial charge in [0.25, 0.3) is 0 Å². The first kappa shape index (κ1) is 16.9. The van der Waals surface area contributed by atoms with E-state index in [1.165, 1.54) is 11.8 Å². The summed E-state index contributed by atoms with van der Waals surface area (Å²) in [5.74, 6) is -1.81. The summed E-state index contributed by atoms with van der Waals surface area (Å²) in [6, 6.07) is 2.43. The van der Waals surface area contributed by atoms with Crippen molar-refractivity contribution in [2.75, 3.05) is 12.0 Å². The first-order valence-electron chi connectivity index (χ1n) is 5.86. The maximum Gasteiger partial charge on any atom is 0.335 e. The summed E-state index contributed by atoms with van der Waals surface area (Å²) in [6.45, 7) is 1.83. The molecule has 0 aromatic heterocycles. The molecule has 112 valence electrons. The summed E-state index contributed by atoms with van der Waals surface area (Å²) in [6.07, 6.45) is 2.42. The van der Waals surface area contributed by atoms with Gasteiger partial charge in [0.1, 0.15) is 10.7 Å². The Kier molecular flexibility index (Phi) is 5.97. The van der Waals surface area contributed by atoms with E-state index in [0.717, 1.165) is 12.1 Å². The molecule has 2 N–H and O–H groups in total. The van der Waals surface area contributed by atoms with Gasteiger partial charge in [-0.15, -0.1) is 0 Å². The van der Waals surface area contributed by atoms with E-state index in [1.54, 1.807) is 0 Å². The molecule has 20 heavy (non-hydrogen) atoms. The molecule has 0 amide bonds. The Morgan fingerprint density at radius 1 is 1.50 bits per heavy atom. The quantitative estimate of drug-likeness (QED) is 0.802. The second-order valence-corrected chi connectivity index (χ2v) is 6.73. The summed E-state index contributed by atoms with van der Waals surface area (Å²) in [5, 5.41) is 8.72. The molecular weight excluding hydrogens is 305 g/mol. The van der Waals surface area contributed by atoms with Gasteiger partial charge < -0.3 is 5.11 Å². The molecule has 1 aromatic rings. The Hall–Kier alpha value is -1.12. The second-order valence-electron chi connectivity index (χ2n) is 4.13. The van der Waals surface area contributed by atoms with E-state index >= 15 is 0 Å². The summed E-state index contributed by atoms with van der Waals surface area (Å²) in [4.78, 5) is 10.1.